The molecule has 2 unspecified atom stereocenters. The van der Waals surface area contributed by atoms with Crippen LogP contribution in [0.25, 0.3) is 0 Å². The highest BCUT2D eigenvalue weighted by Crippen LogP contribution is 2.38. The molecule has 3 heteroatoms. The van der Waals surface area contributed by atoms with Gasteiger partial charge in [0.05, 0.1) is 6.10 Å². The predicted molar refractivity (Wildman–Crippen MR) is 70.5 cm³/mol. The number of aryl methyl sites for hydroxylation is 1. The summed E-state index contributed by atoms with van der Waals surface area (Å²) in [6, 6.07) is 8.38. The second-order valence-corrected chi connectivity index (χ2v) is 4.91. The lowest BCUT2D eigenvalue weighted by atomic mass is 9.74. The third kappa shape index (κ3) is 1.85. The largest absolute Gasteiger partial charge is 0.392 e. The number of nitrogens with zero attached hydrogens (tertiary/aromatic N) is 2. The normalized spacial score (nSPS) is 19.1. The van der Waals surface area contributed by atoms with E-state index in [1.807, 2.05) is 12.3 Å². The predicted octanol–water partition coefficient (Wildman–Crippen LogP) is 2.15. The second-order valence-electron chi connectivity index (χ2n) is 4.91. The number of aromatic nitrogens is 2. The summed E-state index contributed by atoms with van der Waals surface area (Å²) in [6.07, 6.45) is 5.08. The molecule has 1 aliphatic rings. The lowest BCUT2D eigenvalue weighted by Gasteiger charge is -2.33. The number of aliphatic hydroxyl groups is 1. The van der Waals surface area contributed by atoms with E-state index in [0.29, 0.717) is 6.42 Å². The highest BCUT2D eigenvalue weighted by molar-refractivity contribution is 5.40. The molecular formula is C15H18N2O. The second kappa shape index (κ2) is 4.58. The van der Waals surface area contributed by atoms with Crippen LogP contribution in [-0.4, -0.2) is 20.8 Å². The summed E-state index contributed by atoms with van der Waals surface area (Å²) in [4.78, 5) is 4.33. The SMILES string of the molecule is CCn1ccnc1CC(O)C1Cc2ccccc21. The molecule has 0 fully saturated rings. The first kappa shape index (κ1) is 11.5. The molecule has 0 aliphatic heterocycles. The average Bonchev–Trinajstić information content (AvgIpc) is 2.78. The number of hydrogen-bond acceptors (Lipinski definition) is 2. The van der Waals surface area contributed by atoms with Gasteiger partial charge >= 0.3 is 0 Å². The van der Waals surface area contributed by atoms with Crippen LogP contribution in [0.15, 0.2) is 36.7 Å². The fourth-order valence-corrected chi connectivity index (χ4v) is 2.79. The third-order valence-electron chi connectivity index (χ3n) is 3.89. The molecule has 0 saturated carbocycles. The van der Waals surface area contributed by atoms with Crippen LogP contribution >= 0.6 is 0 Å². The van der Waals surface area contributed by atoms with Crippen molar-refractivity contribution < 1.29 is 5.11 Å². The summed E-state index contributed by atoms with van der Waals surface area (Å²) in [6.45, 7) is 3.00. The third-order valence-corrected chi connectivity index (χ3v) is 3.89. The van der Waals surface area contributed by atoms with Crippen molar-refractivity contribution in [2.45, 2.75) is 38.3 Å². The molecule has 18 heavy (non-hydrogen) atoms. The number of rotatable bonds is 4. The maximum atomic E-state index is 10.4. The van der Waals surface area contributed by atoms with Gasteiger partial charge in [-0.05, 0) is 24.5 Å². The first-order valence-electron chi connectivity index (χ1n) is 6.55. The summed E-state index contributed by atoms with van der Waals surface area (Å²) < 4.78 is 2.09. The van der Waals surface area contributed by atoms with Crippen LogP contribution in [0.3, 0.4) is 0 Å². The number of aliphatic hydroxyl groups excluding tert-OH is 1. The van der Waals surface area contributed by atoms with Gasteiger partial charge in [-0.15, -0.1) is 0 Å². The lowest BCUT2D eigenvalue weighted by Crippen LogP contribution is -2.31. The van der Waals surface area contributed by atoms with Crippen molar-refractivity contribution >= 4 is 0 Å². The molecule has 0 amide bonds. The summed E-state index contributed by atoms with van der Waals surface area (Å²) in [7, 11) is 0. The Labute approximate surface area is 107 Å². The van der Waals surface area contributed by atoms with Gasteiger partial charge in [-0.3, -0.25) is 0 Å². The molecule has 94 valence electrons. The van der Waals surface area contributed by atoms with Gasteiger partial charge in [-0.1, -0.05) is 24.3 Å². The molecule has 1 aromatic carbocycles. The van der Waals surface area contributed by atoms with Crippen LogP contribution in [0.1, 0.15) is 29.8 Å². The van der Waals surface area contributed by atoms with Crippen molar-refractivity contribution in [3.63, 3.8) is 0 Å². The van der Waals surface area contributed by atoms with Crippen LogP contribution in [0, 0.1) is 0 Å². The minimum atomic E-state index is -0.326. The quantitative estimate of drug-likeness (QED) is 0.892. The minimum absolute atomic E-state index is 0.281. The van der Waals surface area contributed by atoms with E-state index in [0.717, 1.165) is 18.8 Å². The van der Waals surface area contributed by atoms with E-state index in [9.17, 15) is 5.11 Å². The molecular weight excluding hydrogens is 224 g/mol. The summed E-state index contributed by atoms with van der Waals surface area (Å²) in [5.41, 5.74) is 2.68. The van der Waals surface area contributed by atoms with Gasteiger partial charge in [0, 0.05) is 31.3 Å². The highest BCUT2D eigenvalue weighted by atomic mass is 16.3. The minimum Gasteiger partial charge on any atom is -0.392 e. The highest BCUT2D eigenvalue weighted by Gasteiger charge is 2.32. The van der Waals surface area contributed by atoms with Crippen LogP contribution in [0.5, 0.6) is 0 Å². The van der Waals surface area contributed by atoms with E-state index in [2.05, 4.69) is 34.7 Å². The molecule has 0 bridgehead atoms. The van der Waals surface area contributed by atoms with Crippen molar-refractivity contribution in [3.8, 4) is 0 Å². The first-order valence-corrected chi connectivity index (χ1v) is 6.55. The van der Waals surface area contributed by atoms with Crippen molar-refractivity contribution in [1.82, 2.24) is 9.55 Å². The van der Waals surface area contributed by atoms with E-state index in [-0.39, 0.29) is 12.0 Å². The Morgan fingerprint density at radius 3 is 3.06 bits per heavy atom. The van der Waals surface area contributed by atoms with E-state index in [1.54, 1.807) is 6.20 Å². The molecule has 0 saturated heterocycles. The van der Waals surface area contributed by atoms with Crippen molar-refractivity contribution in [3.05, 3.63) is 53.6 Å². The van der Waals surface area contributed by atoms with Crippen LogP contribution in [-0.2, 0) is 19.4 Å². The van der Waals surface area contributed by atoms with E-state index in [4.69, 9.17) is 0 Å². The molecule has 1 aromatic heterocycles. The summed E-state index contributed by atoms with van der Waals surface area (Å²) in [5.74, 6) is 1.26. The van der Waals surface area contributed by atoms with Gasteiger partial charge in [0.1, 0.15) is 5.82 Å². The molecule has 0 radical (unpaired) electrons. The van der Waals surface area contributed by atoms with Gasteiger partial charge in [-0.25, -0.2) is 4.98 Å². The Kier molecular flexibility index (Phi) is 2.92. The zero-order valence-corrected chi connectivity index (χ0v) is 10.6. The van der Waals surface area contributed by atoms with Gasteiger partial charge in [-0.2, -0.15) is 0 Å². The molecule has 3 rings (SSSR count). The Hall–Kier alpha value is -1.61. The van der Waals surface area contributed by atoms with Crippen molar-refractivity contribution in [2.75, 3.05) is 0 Å². The van der Waals surface area contributed by atoms with Gasteiger partial charge < -0.3 is 9.67 Å². The Morgan fingerprint density at radius 2 is 2.28 bits per heavy atom. The monoisotopic (exact) mass is 242 g/mol. The molecule has 2 atom stereocenters. The Balaban J connectivity index is 1.72. The van der Waals surface area contributed by atoms with Crippen LogP contribution < -0.4 is 0 Å². The topological polar surface area (TPSA) is 38.0 Å². The van der Waals surface area contributed by atoms with Crippen molar-refractivity contribution in [1.29, 1.82) is 0 Å². The molecule has 1 N–H and O–H groups in total. The fourth-order valence-electron chi connectivity index (χ4n) is 2.79. The van der Waals surface area contributed by atoms with Crippen LogP contribution in [0.2, 0.25) is 0 Å². The smallest absolute Gasteiger partial charge is 0.111 e. The van der Waals surface area contributed by atoms with Crippen LogP contribution in [0.4, 0.5) is 0 Å². The summed E-state index contributed by atoms with van der Waals surface area (Å²) in [5, 5.41) is 10.4. The number of benzene rings is 1. The Morgan fingerprint density at radius 1 is 1.44 bits per heavy atom. The maximum absolute atomic E-state index is 10.4. The van der Waals surface area contributed by atoms with Gasteiger partial charge in [0.2, 0.25) is 0 Å². The van der Waals surface area contributed by atoms with E-state index in [1.165, 1.54) is 11.1 Å². The van der Waals surface area contributed by atoms with E-state index < -0.39 is 0 Å². The lowest BCUT2D eigenvalue weighted by molar-refractivity contribution is 0.130. The molecule has 0 spiro atoms. The molecule has 1 heterocycles. The van der Waals surface area contributed by atoms with Gasteiger partial charge in [0.15, 0.2) is 0 Å². The standard InChI is InChI=1S/C15H18N2O/c1-2-17-8-7-16-15(17)10-14(18)13-9-11-5-3-4-6-12(11)13/h3-8,13-14,18H,2,9-10H2,1H3. The number of fused-ring (bicyclic) bond motifs is 1. The fraction of sp³-hybridized carbons (Fsp3) is 0.400. The number of imidazole rings is 1. The zero-order valence-electron chi connectivity index (χ0n) is 10.6. The van der Waals surface area contributed by atoms with Crippen molar-refractivity contribution in [2.24, 2.45) is 0 Å². The first-order chi connectivity index (χ1) is 8.79. The summed E-state index contributed by atoms with van der Waals surface area (Å²) >= 11 is 0. The molecule has 3 nitrogen and oxygen atoms in total. The average molecular weight is 242 g/mol. The van der Waals surface area contributed by atoms with Gasteiger partial charge in [0.25, 0.3) is 0 Å². The maximum Gasteiger partial charge on any atom is 0.111 e. The zero-order chi connectivity index (χ0) is 12.5. The molecule has 2 aromatic rings. The Bertz CT molecular complexity index is 547. The van der Waals surface area contributed by atoms with E-state index >= 15 is 0 Å². The number of hydrogen-bond donors (Lipinski definition) is 1. The molecule has 1 aliphatic carbocycles.